The number of hydrogen-bond acceptors (Lipinski definition) is 3. The molecule has 2 fully saturated rings. The molecule has 1 saturated heterocycles. The average Bonchev–Trinajstić information content (AvgIpc) is 3.03. The molecule has 1 aromatic heterocycles. The first kappa shape index (κ1) is 17.6. The Kier molecular flexibility index (Phi) is 4.76. The molecule has 2 aliphatic carbocycles. The van der Waals surface area contributed by atoms with Crippen LogP contribution in [-0.4, -0.2) is 35.3 Å². The van der Waals surface area contributed by atoms with Crippen LogP contribution in [0.4, 0.5) is 0 Å². The molecule has 3 aliphatic rings. The molecule has 1 saturated carbocycles. The van der Waals surface area contributed by atoms with Crippen molar-refractivity contribution >= 4 is 18.3 Å². The maximum atomic E-state index is 12.4. The quantitative estimate of drug-likeness (QED) is 0.867. The van der Waals surface area contributed by atoms with E-state index in [2.05, 4.69) is 40.0 Å². The number of benzene rings is 1. The molecule has 2 aromatic rings. The van der Waals surface area contributed by atoms with E-state index in [0.29, 0.717) is 23.6 Å². The van der Waals surface area contributed by atoms with Crippen molar-refractivity contribution in [3.05, 3.63) is 53.3 Å². The van der Waals surface area contributed by atoms with Crippen molar-refractivity contribution in [3.63, 3.8) is 0 Å². The molecular weight excluding hydrogens is 348 g/mol. The fourth-order valence-electron chi connectivity index (χ4n) is 4.78. The fourth-order valence-corrected chi connectivity index (χ4v) is 4.78. The first-order chi connectivity index (χ1) is 12.3. The van der Waals surface area contributed by atoms with Crippen LogP contribution >= 0.6 is 12.4 Å². The van der Waals surface area contributed by atoms with Crippen molar-refractivity contribution in [1.82, 2.24) is 20.4 Å². The number of nitrogens with one attached hydrogen (secondary N) is 2. The molecule has 6 heteroatoms. The Morgan fingerprint density at radius 1 is 1.31 bits per heavy atom. The summed E-state index contributed by atoms with van der Waals surface area (Å²) in [6, 6.07) is 11.0. The molecule has 26 heavy (non-hydrogen) atoms. The summed E-state index contributed by atoms with van der Waals surface area (Å²) >= 11 is 0. The highest BCUT2D eigenvalue weighted by Crippen LogP contribution is 2.60. The van der Waals surface area contributed by atoms with Crippen LogP contribution in [0, 0.1) is 11.8 Å². The highest BCUT2D eigenvalue weighted by atomic mass is 35.5. The van der Waals surface area contributed by atoms with Gasteiger partial charge in [0.05, 0.1) is 6.04 Å². The van der Waals surface area contributed by atoms with Gasteiger partial charge in [0.2, 0.25) is 0 Å². The molecule has 5 nitrogen and oxygen atoms in total. The van der Waals surface area contributed by atoms with Gasteiger partial charge in [0.25, 0.3) is 5.91 Å². The van der Waals surface area contributed by atoms with E-state index < -0.39 is 0 Å². The van der Waals surface area contributed by atoms with E-state index in [1.54, 1.807) is 0 Å². The van der Waals surface area contributed by atoms with Gasteiger partial charge in [-0.05, 0) is 60.8 Å². The van der Waals surface area contributed by atoms with Crippen molar-refractivity contribution < 1.29 is 4.79 Å². The lowest BCUT2D eigenvalue weighted by atomic mass is 10.0. The number of nitrogens with zero attached hydrogens (tertiary/aromatic N) is 2. The maximum absolute atomic E-state index is 12.4. The zero-order valence-electron chi connectivity index (χ0n) is 14.7. The summed E-state index contributed by atoms with van der Waals surface area (Å²) in [7, 11) is 0. The predicted octanol–water partition coefficient (Wildman–Crippen LogP) is 2.55. The van der Waals surface area contributed by atoms with Gasteiger partial charge in [-0.2, -0.15) is 5.10 Å². The summed E-state index contributed by atoms with van der Waals surface area (Å²) in [5.74, 6) is 1.94. The number of aromatic nitrogens is 2. The number of halogens is 1. The molecule has 1 aliphatic heterocycles. The highest BCUT2D eigenvalue weighted by Gasteiger charge is 2.55. The van der Waals surface area contributed by atoms with Gasteiger partial charge >= 0.3 is 0 Å². The van der Waals surface area contributed by atoms with Gasteiger partial charge in [0.15, 0.2) is 0 Å². The largest absolute Gasteiger partial charge is 0.350 e. The molecule has 0 bridgehead atoms. The molecule has 2 N–H and O–H groups in total. The Hall–Kier alpha value is -1.85. The minimum Gasteiger partial charge on any atom is -0.350 e. The number of carbonyl (C=O) groups excluding carboxylic acids is 1. The number of fused-ring (bicyclic) bond motifs is 3. The van der Waals surface area contributed by atoms with Gasteiger partial charge < -0.3 is 10.6 Å². The molecule has 4 atom stereocenters. The van der Waals surface area contributed by atoms with Gasteiger partial charge in [-0.25, -0.2) is 0 Å². The Morgan fingerprint density at radius 3 is 3.04 bits per heavy atom. The van der Waals surface area contributed by atoms with Gasteiger partial charge in [0, 0.05) is 19.3 Å². The smallest absolute Gasteiger partial charge is 0.271 e. The summed E-state index contributed by atoms with van der Waals surface area (Å²) in [5.41, 5.74) is 3.54. The van der Waals surface area contributed by atoms with Crippen molar-refractivity contribution in [2.75, 3.05) is 19.6 Å². The number of rotatable bonds is 4. The van der Waals surface area contributed by atoms with Crippen LogP contribution in [0.5, 0.6) is 0 Å². The number of carbonyl (C=O) groups is 1. The van der Waals surface area contributed by atoms with Crippen LogP contribution in [0.2, 0.25) is 0 Å². The second-order valence-corrected chi connectivity index (χ2v) is 7.65. The Morgan fingerprint density at radius 2 is 2.19 bits per heavy atom. The summed E-state index contributed by atoms with van der Waals surface area (Å²) in [6.07, 6.45) is 5.40. The first-order valence-corrected chi connectivity index (χ1v) is 9.43. The molecular formula is C20H25ClN4O. The minimum atomic E-state index is -0.0409. The van der Waals surface area contributed by atoms with Crippen LogP contribution in [0.3, 0.4) is 0 Å². The summed E-state index contributed by atoms with van der Waals surface area (Å²) < 4.78 is 1.95. The average molecular weight is 373 g/mol. The summed E-state index contributed by atoms with van der Waals surface area (Å²) in [4.78, 5) is 12.4. The molecule has 1 aromatic carbocycles. The van der Waals surface area contributed by atoms with Crippen LogP contribution in [0.1, 0.15) is 46.4 Å². The Balaban J connectivity index is 0.00000168. The van der Waals surface area contributed by atoms with E-state index in [0.717, 1.165) is 38.4 Å². The monoisotopic (exact) mass is 372 g/mol. The minimum absolute atomic E-state index is 0. The predicted molar refractivity (Wildman–Crippen MR) is 103 cm³/mol. The van der Waals surface area contributed by atoms with Gasteiger partial charge in [0.1, 0.15) is 5.69 Å². The third kappa shape index (κ3) is 3.03. The Labute approximate surface area is 160 Å². The van der Waals surface area contributed by atoms with Gasteiger partial charge in [-0.15, -0.1) is 12.4 Å². The first-order valence-electron chi connectivity index (χ1n) is 9.43. The fraction of sp³-hybridized carbons (Fsp3) is 0.500. The lowest BCUT2D eigenvalue weighted by molar-refractivity contribution is 0.0944. The molecule has 2 heterocycles. The van der Waals surface area contributed by atoms with E-state index in [-0.39, 0.29) is 18.3 Å². The maximum Gasteiger partial charge on any atom is 0.271 e. The zero-order chi connectivity index (χ0) is 16.8. The molecule has 0 radical (unpaired) electrons. The topological polar surface area (TPSA) is 59.0 Å². The summed E-state index contributed by atoms with van der Waals surface area (Å²) in [5, 5.41) is 11.0. The van der Waals surface area contributed by atoms with Crippen molar-refractivity contribution in [3.8, 4) is 0 Å². The number of amides is 1. The van der Waals surface area contributed by atoms with Crippen LogP contribution < -0.4 is 10.6 Å². The lowest BCUT2D eigenvalue weighted by Crippen LogP contribution is -2.32. The van der Waals surface area contributed by atoms with Gasteiger partial charge in [-0.1, -0.05) is 24.3 Å². The van der Waals surface area contributed by atoms with Crippen molar-refractivity contribution in [1.29, 1.82) is 0 Å². The van der Waals surface area contributed by atoms with Crippen LogP contribution in [-0.2, 0) is 6.42 Å². The van der Waals surface area contributed by atoms with Gasteiger partial charge in [-0.3, -0.25) is 9.48 Å². The van der Waals surface area contributed by atoms with E-state index in [1.807, 2.05) is 16.9 Å². The van der Waals surface area contributed by atoms with Crippen molar-refractivity contribution in [2.24, 2.45) is 11.8 Å². The third-order valence-electron chi connectivity index (χ3n) is 6.19. The number of piperidine rings is 1. The second kappa shape index (κ2) is 7.05. The molecule has 5 rings (SSSR count). The van der Waals surface area contributed by atoms with Crippen LogP contribution in [0.15, 0.2) is 36.5 Å². The molecule has 0 spiro atoms. The summed E-state index contributed by atoms with van der Waals surface area (Å²) in [6.45, 7) is 2.78. The molecule has 4 unspecified atom stereocenters. The Bertz CT molecular complexity index is 799. The second-order valence-electron chi connectivity index (χ2n) is 7.65. The molecule has 1 amide bonds. The molecule has 138 valence electrons. The van der Waals surface area contributed by atoms with E-state index in [9.17, 15) is 4.79 Å². The lowest BCUT2D eigenvalue weighted by Gasteiger charge is -2.22. The van der Waals surface area contributed by atoms with Crippen LogP contribution in [0.25, 0.3) is 0 Å². The zero-order valence-corrected chi connectivity index (χ0v) is 15.5. The number of hydrogen-bond donors (Lipinski definition) is 2. The third-order valence-corrected chi connectivity index (χ3v) is 6.19. The standard InChI is InChI=1S/C20H24N4O.ClH/c25-20(18-7-9-24(23-18)14-5-3-8-21-11-14)22-12-17-16-10-13-4-1-2-6-15(13)19(16)17;/h1-2,4,6-7,9,14,16-17,19,21H,3,5,8,10-12H2,(H,22,25);1H. The van der Waals surface area contributed by atoms with Crippen molar-refractivity contribution in [2.45, 2.75) is 31.2 Å². The van der Waals surface area contributed by atoms with E-state index in [4.69, 9.17) is 0 Å². The van der Waals surface area contributed by atoms with E-state index in [1.165, 1.54) is 17.5 Å². The highest BCUT2D eigenvalue weighted by molar-refractivity contribution is 5.92. The normalized spacial score (nSPS) is 28.6. The SMILES string of the molecule is Cl.O=C(NCC1C2Cc3ccccc3C12)c1ccn(C2CCCNC2)n1. The van der Waals surface area contributed by atoms with E-state index >= 15 is 0 Å².